The first-order valence-corrected chi connectivity index (χ1v) is 7.26. The quantitative estimate of drug-likeness (QED) is 0.851. The molecular formula is C14H23N5O. The van der Waals surface area contributed by atoms with Crippen molar-refractivity contribution in [3.63, 3.8) is 0 Å². The van der Waals surface area contributed by atoms with Crippen LogP contribution in [0.15, 0.2) is 6.33 Å². The normalized spacial score (nSPS) is 18.9. The number of hydrogen-bond donors (Lipinski definition) is 2. The molecule has 0 saturated carbocycles. The summed E-state index contributed by atoms with van der Waals surface area (Å²) in [6.45, 7) is 5.79. The van der Waals surface area contributed by atoms with E-state index in [1.165, 1.54) is 0 Å². The average molecular weight is 277 g/mol. The van der Waals surface area contributed by atoms with Crippen LogP contribution >= 0.6 is 0 Å². The minimum absolute atomic E-state index is 0.253. The number of nitrogens with two attached hydrogens (primary N) is 1. The maximum atomic E-state index is 11.6. The van der Waals surface area contributed by atoms with Crippen LogP contribution in [0.25, 0.3) is 0 Å². The molecule has 1 saturated heterocycles. The molecule has 6 nitrogen and oxygen atoms in total. The smallest absolute Gasteiger partial charge is 0.240 e. The van der Waals surface area contributed by atoms with E-state index in [4.69, 9.17) is 5.73 Å². The Morgan fingerprint density at radius 2 is 2.30 bits per heavy atom. The maximum Gasteiger partial charge on any atom is 0.240 e. The topological polar surface area (TPSA) is 84.1 Å². The number of piperidine rings is 1. The number of rotatable bonds is 5. The first-order chi connectivity index (χ1) is 9.65. The second kappa shape index (κ2) is 6.54. The average Bonchev–Trinajstić information content (AvgIpc) is 2.46. The molecule has 1 fully saturated rings. The van der Waals surface area contributed by atoms with Crippen LogP contribution in [-0.4, -0.2) is 35.0 Å². The third-order valence-electron chi connectivity index (χ3n) is 3.70. The number of nitrogens with one attached hydrogen (secondary N) is 1. The largest absolute Gasteiger partial charge is 0.370 e. The number of carbonyl (C=O) groups excluding carboxylic acids is 1. The molecule has 0 bridgehead atoms. The van der Waals surface area contributed by atoms with E-state index in [0.29, 0.717) is 0 Å². The molecule has 0 spiro atoms. The summed E-state index contributed by atoms with van der Waals surface area (Å²) >= 11 is 0. The molecule has 0 aliphatic carbocycles. The van der Waals surface area contributed by atoms with Gasteiger partial charge in [-0.1, -0.05) is 6.92 Å². The van der Waals surface area contributed by atoms with Crippen molar-refractivity contribution in [2.45, 2.75) is 45.6 Å². The van der Waals surface area contributed by atoms with Gasteiger partial charge in [-0.2, -0.15) is 0 Å². The third kappa shape index (κ3) is 3.00. The minimum atomic E-state index is -0.272. The van der Waals surface area contributed by atoms with Crippen molar-refractivity contribution in [2.75, 3.05) is 23.3 Å². The molecule has 0 aromatic carbocycles. The van der Waals surface area contributed by atoms with E-state index in [9.17, 15) is 4.79 Å². The molecule has 1 aromatic rings. The summed E-state index contributed by atoms with van der Waals surface area (Å²) in [6, 6.07) is -0.253. The molecule has 1 unspecified atom stereocenters. The highest BCUT2D eigenvalue weighted by Crippen LogP contribution is 2.28. The highest BCUT2D eigenvalue weighted by Gasteiger charge is 2.29. The van der Waals surface area contributed by atoms with Gasteiger partial charge in [0.2, 0.25) is 5.91 Å². The number of aromatic nitrogens is 2. The Balaban J connectivity index is 2.28. The van der Waals surface area contributed by atoms with Crippen molar-refractivity contribution in [1.29, 1.82) is 0 Å². The molecule has 1 atom stereocenters. The van der Waals surface area contributed by atoms with Crippen LogP contribution in [0.2, 0.25) is 0 Å². The molecule has 1 aliphatic heterocycles. The Morgan fingerprint density at radius 1 is 1.50 bits per heavy atom. The minimum Gasteiger partial charge on any atom is -0.370 e. The van der Waals surface area contributed by atoms with E-state index in [2.05, 4.69) is 22.2 Å². The standard InChI is InChI=1S/C14H23N5O/c1-3-7-16-13-10(2)14(18-9-17-13)19-8-5-4-6-11(19)12(15)20/h9,11H,3-8H2,1-2H3,(H2,15,20)(H,16,17,18). The van der Waals surface area contributed by atoms with Gasteiger partial charge in [-0.05, 0) is 32.6 Å². The summed E-state index contributed by atoms with van der Waals surface area (Å²) < 4.78 is 0. The molecule has 1 amide bonds. The van der Waals surface area contributed by atoms with E-state index < -0.39 is 0 Å². The fourth-order valence-corrected chi connectivity index (χ4v) is 2.63. The van der Waals surface area contributed by atoms with E-state index >= 15 is 0 Å². The molecule has 0 radical (unpaired) electrons. The first kappa shape index (κ1) is 14.6. The number of primary amides is 1. The van der Waals surface area contributed by atoms with Crippen molar-refractivity contribution in [2.24, 2.45) is 5.73 Å². The van der Waals surface area contributed by atoms with Crippen LogP contribution in [-0.2, 0) is 4.79 Å². The molecule has 2 rings (SSSR count). The van der Waals surface area contributed by atoms with Crippen LogP contribution in [0.1, 0.15) is 38.2 Å². The van der Waals surface area contributed by atoms with Crippen molar-refractivity contribution in [3.05, 3.63) is 11.9 Å². The summed E-state index contributed by atoms with van der Waals surface area (Å²) in [4.78, 5) is 22.3. The van der Waals surface area contributed by atoms with Crippen molar-refractivity contribution >= 4 is 17.5 Å². The van der Waals surface area contributed by atoms with Gasteiger partial charge in [0.25, 0.3) is 0 Å². The van der Waals surface area contributed by atoms with E-state index in [-0.39, 0.29) is 11.9 Å². The highest BCUT2D eigenvalue weighted by molar-refractivity contribution is 5.84. The molecular weight excluding hydrogens is 254 g/mol. The number of amides is 1. The molecule has 3 N–H and O–H groups in total. The second-order valence-electron chi connectivity index (χ2n) is 5.21. The van der Waals surface area contributed by atoms with Gasteiger partial charge in [-0.15, -0.1) is 0 Å². The van der Waals surface area contributed by atoms with E-state index in [1.807, 2.05) is 11.8 Å². The van der Waals surface area contributed by atoms with Crippen LogP contribution in [0.4, 0.5) is 11.6 Å². The fraction of sp³-hybridized carbons (Fsp3) is 0.643. The lowest BCUT2D eigenvalue weighted by atomic mass is 10.0. The van der Waals surface area contributed by atoms with Crippen molar-refractivity contribution in [3.8, 4) is 0 Å². The zero-order chi connectivity index (χ0) is 14.5. The highest BCUT2D eigenvalue weighted by atomic mass is 16.1. The van der Waals surface area contributed by atoms with Crippen LogP contribution in [0.3, 0.4) is 0 Å². The summed E-state index contributed by atoms with van der Waals surface area (Å²) in [6.07, 6.45) is 5.48. The number of hydrogen-bond acceptors (Lipinski definition) is 5. The zero-order valence-electron chi connectivity index (χ0n) is 12.2. The second-order valence-corrected chi connectivity index (χ2v) is 5.21. The Hall–Kier alpha value is -1.85. The van der Waals surface area contributed by atoms with E-state index in [0.717, 1.165) is 56.0 Å². The fourth-order valence-electron chi connectivity index (χ4n) is 2.63. The van der Waals surface area contributed by atoms with Gasteiger partial charge in [0.1, 0.15) is 24.0 Å². The zero-order valence-corrected chi connectivity index (χ0v) is 12.2. The molecule has 2 heterocycles. The first-order valence-electron chi connectivity index (χ1n) is 7.26. The molecule has 110 valence electrons. The SMILES string of the molecule is CCCNc1ncnc(N2CCCCC2C(N)=O)c1C. The van der Waals surface area contributed by atoms with Gasteiger partial charge in [0.15, 0.2) is 0 Å². The van der Waals surface area contributed by atoms with Crippen molar-refractivity contribution < 1.29 is 4.79 Å². The predicted molar refractivity (Wildman–Crippen MR) is 79.7 cm³/mol. The van der Waals surface area contributed by atoms with E-state index in [1.54, 1.807) is 6.33 Å². The summed E-state index contributed by atoms with van der Waals surface area (Å²) in [5, 5.41) is 3.29. The maximum absolute atomic E-state index is 11.6. The Morgan fingerprint density at radius 3 is 3.00 bits per heavy atom. The summed E-state index contributed by atoms with van der Waals surface area (Å²) in [7, 11) is 0. The molecule has 6 heteroatoms. The van der Waals surface area contributed by atoms with Crippen LogP contribution in [0, 0.1) is 6.92 Å². The summed E-state index contributed by atoms with van der Waals surface area (Å²) in [5.41, 5.74) is 6.50. The van der Waals surface area contributed by atoms with Gasteiger partial charge in [0.05, 0.1) is 0 Å². The van der Waals surface area contributed by atoms with Gasteiger partial charge in [-0.3, -0.25) is 4.79 Å². The lowest BCUT2D eigenvalue weighted by Crippen LogP contribution is -2.48. The Labute approximate surface area is 119 Å². The predicted octanol–water partition coefficient (Wildman–Crippen LogP) is 1.45. The van der Waals surface area contributed by atoms with Crippen LogP contribution in [0.5, 0.6) is 0 Å². The molecule has 20 heavy (non-hydrogen) atoms. The number of nitrogens with zero attached hydrogens (tertiary/aromatic N) is 3. The van der Waals surface area contributed by atoms with Gasteiger partial charge in [-0.25, -0.2) is 9.97 Å². The summed E-state index contributed by atoms with van der Waals surface area (Å²) in [5.74, 6) is 1.39. The molecule has 1 aromatic heterocycles. The third-order valence-corrected chi connectivity index (χ3v) is 3.70. The lowest BCUT2D eigenvalue weighted by Gasteiger charge is -2.35. The van der Waals surface area contributed by atoms with Crippen molar-refractivity contribution in [1.82, 2.24) is 9.97 Å². The molecule has 1 aliphatic rings. The van der Waals surface area contributed by atoms with Gasteiger partial charge >= 0.3 is 0 Å². The monoisotopic (exact) mass is 277 g/mol. The van der Waals surface area contributed by atoms with Crippen LogP contribution < -0.4 is 16.0 Å². The van der Waals surface area contributed by atoms with Gasteiger partial charge in [0, 0.05) is 18.7 Å². The number of anilines is 2. The Bertz CT molecular complexity index is 477. The Kier molecular flexibility index (Phi) is 4.76. The lowest BCUT2D eigenvalue weighted by molar-refractivity contribution is -0.119. The van der Waals surface area contributed by atoms with Gasteiger partial charge < -0.3 is 16.0 Å². The number of carbonyl (C=O) groups is 1.